The third-order valence-electron chi connectivity index (χ3n) is 4.71. The van der Waals surface area contributed by atoms with Crippen molar-refractivity contribution in [3.8, 4) is 0 Å². The molecule has 1 heteroatoms. The predicted octanol–water partition coefficient (Wildman–Crippen LogP) is 4.99. The molecule has 1 aliphatic carbocycles. The molecule has 0 aromatic carbocycles. The third kappa shape index (κ3) is 5.73. The van der Waals surface area contributed by atoms with E-state index >= 15 is 0 Å². The van der Waals surface area contributed by atoms with E-state index in [9.17, 15) is 0 Å². The van der Waals surface area contributed by atoms with Crippen molar-refractivity contribution < 1.29 is 0 Å². The minimum absolute atomic E-state index is 0.443. The number of rotatable bonds is 5. The molecule has 18 heavy (non-hydrogen) atoms. The second-order valence-corrected chi connectivity index (χ2v) is 7.96. The number of hydrogen-bond acceptors (Lipinski definition) is 1. The van der Waals surface area contributed by atoms with Crippen LogP contribution in [0, 0.1) is 23.2 Å². The van der Waals surface area contributed by atoms with E-state index in [1.807, 2.05) is 0 Å². The van der Waals surface area contributed by atoms with Crippen molar-refractivity contribution in [2.45, 2.75) is 85.6 Å². The van der Waals surface area contributed by atoms with Gasteiger partial charge in [-0.05, 0) is 48.9 Å². The second kappa shape index (κ2) is 6.93. The molecule has 0 aliphatic heterocycles. The molecule has 0 aromatic rings. The van der Waals surface area contributed by atoms with Gasteiger partial charge in [0.05, 0.1) is 0 Å². The minimum atomic E-state index is 0.443. The van der Waals surface area contributed by atoms with Crippen LogP contribution in [0.25, 0.3) is 0 Å². The minimum Gasteiger partial charge on any atom is -0.327 e. The van der Waals surface area contributed by atoms with E-state index < -0.39 is 0 Å². The summed E-state index contributed by atoms with van der Waals surface area (Å²) in [4.78, 5) is 0. The topological polar surface area (TPSA) is 26.0 Å². The van der Waals surface area contributed by atoms with E-state index in [1.54, 1.807) is 0 Å². The monoisotopic (exact) mass is 253 g/mol. The van der Waals surface area contributed by atoms with Crippen molar-refractivity contribution in [2.75, 3.05) is 0 Å². The Balaban J connectivity index is 2.30. The summed E-state index contributed by atoms with van der Waals surface area (Å²) < 4.78 is 0. The molecule has 2 unspecified atom stereocenters. The average Bonchev–Trinajstić information content (AvgIpc) is 2.26. The highest BCUT2D eigenvalue weighted by Crippen LogP contribution is 2.34. The third-order valence-corrected chi connectivity index (χ3v) is 4.71. The lowest BCUT2D eigenvalue weighted by Gasteiger charge is -2.34. The fourth-order valence-electron chi connectivity index (χ4n) is 3.81. The summed E-state index contributed by atoms with van der Waals surface area (Å²) >= 11 is 0. The van der Waals surface area contributed by atoms with E-state index in [0.717, 1.165) is 17.8 Å². The van der Waals surface area contributed by atoms with Gasteiger partial charge in [0, 0.05) is 6.04 Å². The Kier molecular flexibility index (Phi) is 6.17. The smallest absolute Gasteiger partial charge is 0.00697 e. The average molecular weight is 253 g/mol. The van der Waals surface area contributed by atoms with Crippen LogP contribution in [-0.2, 0) is 0 Å². The zero-order valence-corrected chi connectivity index (χ0v) is 13.3. The number of nitrogens with two attached hydrogens (primary N) is 1. The molecule has 1 aliphatic rings. The van der Waals surface area contributed by atoms with Gasteiger partial charge in [0.2, 0.25) is 0 Å². The van der Waals surface area contributed by atoms with Gasteiger partial charge < -0.3 is 5.73 Å². The lowest BCUT2D eigenvalue weighted by Crippen LogP contribution is -2.35. The Bertz CT molecular complexity index is 220. The van der Waals surface area contributed by atoms with Crippen LogP contribution >= 0.6 is 0 Å². The van der Waals surface area contributed by atoms with Crippen molar-refractivity contribution in [1.29, 1.82) is 0 Å². The molecule has 1 fully saturated rings. The first kappa shape index (κ1) is 16.0. The van der Waals surface area contributed by atoms with Crippen molar-refractivity contribution >= 4 is 0 Å². The van der Waals surface area contributed by atoms with Gasteiger partial charge in [-0.25, -0.2) is 0 Å². The molecule has 0 radical (unpaired) electrons. The molecule has 1 saturated carbocycles. The Morgan fingerprint density at radius 1 is 1.11 bits per heavy atom. The maximum Gasteiger partial charge on any atom is 0.00697 e. The Morgan fingerprint density at radius 2 is 1.67 bits per heavy atom. The molecular formula is C17H35N. The molecule has 0 saturated heterocycles. The molecule has 2 atom stereocenters. The Labute approximate surface area is 115 Å². The van der Waals surface area contributed by atoms with Crippen LogP contribution in [0.5, 0.6) is 0 Å². The summed E-state index contributed by atoms with van der Waals surface area (Å²) in [6.07, 6.45) is 9.47. The van der Waals surface area contributed by atoms with Gasteiger partial charge in [0.15, 0.2) is 0 Å². The normalized spacial score (nSPS) is 29.0. The van der Waals surface area contributed by atoms with Gasteiger partial charge in [-0.1, -0.05) is 53.9 Å². The summed E-state index contributed by atoms with van der Waals surface area (Å²) in [7, 11) is 0. The predicted molar refractivity (Wildman–Crippen MR) is 81.6 cm³/mol. The first-order chi connectivity index (χ1) is 8.31. The summed E-state index contributed by atoms with van der Waals surface area (Å²) in [6, 6.07) is 0.445. The molecule has 0 heterocycles. The van der Waals surface area contributed by atoms with E-state index in [2.05, 4.69) is 34.6 Å². The number of hydrogen-bond donors (Lipinski definition) is 1. The molecule has 0 aromatic heterocycles. The molecule has 0 amide bonds. The maximum atomic E-state index is 6.46. The molecular weight excluding hydrogens is 218 g/mol. The molecule has 0 spiro atoms. The second-order valence-electron chi connectivity index (χ2n) is 7.96. The zero-order chi connectivity index (χ0) is 13.8. The van der Waals surface area contributed by atoms with Gasteiger partial charge in [-0.2, -0.15) is 0 Å². The molecule has 1 rings (SSSR count). The van der Waals surface area contributed by atoms with Gasteiger partial charge in [-0.15, -0.1) is 0 Å². The van der Waals surface area contributed by atoms with Gasteiger partial charge >= 0.3 is 0 Å². The van der Waals surface area contributed by atoms with Gasteiger partial charge in [-0.3, -0.25) is 0 Å². The van der Waals surface area contributed by atoms with E-state index in [4.69, 9.17) is 5.73 Å². The largest absolute Gasteiger partial charge is 0.327 e. The van der Waals surface area contributed by atoms with E-state index in [0.29, 0.717) is 11.5 Å². The fraction of sp³-hybridized carbons (Fsp3) is 1.00. The van der Waals surface area contributed by atoms with Crippen molar-refractivity contribution in [3.63, 3.8) is 0 Å². The van der Waals surface area contributed by atoms with Crippen LogP contribution in [0.3, 0.4) is 0 Å². The summed E-state index contributed by atoms with van der Waals surface area (Å²) in [5.74, 6) is 2.56. The molecule has 2 N–H and O–H groups in total. The summed E-state index contributed by atoms with van der Waals surface area (Å²) in [5.41, 5.74) is 6.90. The van der Waals surface area contributed by atoms with Crippen LogP contribution in [-0.4, -0.2) is 6.04 Å². The highest BCUT2D eigenvalue weighted by Gasteiger charge is 2.26. The van der Waals surface area contributed by atoms with Crippen LogP contribution in [0.15, 0.2) is 0 Å². The van der Waals surface area contributed by atoms with Crippen LogP contribution in [0.4, 0.5) is 0 Å². The Morgan fingerprint density at radius 3 is 2.11 bits per heavy atom. The maximum absolute atomic E-state index is 6.46. The highest BCUT2D eigenvalue weighted by molar-refractivity contribution is 4.81. The summed E-state index contributed by atoms with van der Waals surface area (Å²) in [5, 5.41) is 0. The molecule has 108 valence electrons. The zero-order valence-electron chi connectivity index (χ0n) is 13.3. The molecule has 1 nitrogen and oxygen atoms in total. The van der Waals surface area contributed by atoms with Crippen molar-refractivity contribution in [1.82, 2.24) is 0 Å². The van der Waals surface area contributed by atoms with Gasteiger partial charge in [0.1, 0.15) is 0 Å². The van der Waals surface area contributed by atoms with Crippen LogP contribution < -0.4 is 5.73 Å². The standard InChI is InChI=1S/C17H35N/c1-6-14-7-9-15(10-8-14)16(18)11-13(2)12-17(3,4)5/h13-16H,6-12,18H2,1-5H3. The SMILES string of the molecule is CCC1CCC(C(N)CC(C)CC(C)(C)C)CC1. The Hall–Kier alpha value is -0.0400. The lowest BCUT2D eigenvalue weighted by atomic mass is 9.74. The van der Waals surface area contributed by atoms with Crippen molar-refractivity contribution in [3.05, 3.63) is 0 Å². The first-order valence-electron chi connectivity index (χ1n) is 8.07. The molecule has 0 bridgehead atoms. The van der Waals surface area contributed by atoms with Crippen LogP contribution in [0.2, 0.25) is 0 Å². The van der Waals surface area contributed by atoms with Crippen molar-refractivity contribution in [2.24, 2.45) is 28.9 Å². The van der Waals surface area contributed by atoms with E-state index in [1.165, 1.54) is 44.9 Å². The van der Waals surface area contributed by atoms with E-state index in [-0.39, 0.29) is 0 Å². The quantitative estimate of drug-likeness (QED) is 0.733. The van der Waals surface area contributed by atoms with Crippen LogP contribution in [0.1, 0.15) is 79.6 Å². The fourth-order valence-corrected chi connectivity index (χ4v) is 3.81. The highest BCUT2D eigenvalue weighted by atomic mass is 14.7. The first-order valence-corrected chi connectivity index (χ1v) is 8.07. The van der Waals surface area contributed by atoms with Gasteiger partial charge in [0.25, 0.3) is 0 Å². The lowest BCUT2D eigenvalue weighted by molar-refractivity contribution is 0.207. The summed E-state index contributed by atoms with van der Waals surface area (Å²) in [6.45, 7) is 11.7.